The molecular formula is C48H69FN4O11. The maximum atomic E-state index is 17.0. The second-order valence-corrected chi connectivity index (χ2v) is 20.0. The van der Waals surface area contributed by atoms with Gasteiger partial charge in [0.25, 0.3) is 5.67 Å². The Morgan fingerprint density at radius 2 is 1.75 bits per heavy atom. The summed E-state index contributed by atoms with van der Waals surface area (Å²) >= 11 is 0. The number of alkyl halides is 1. The number of aliphatic hydroxyl groups excluding tert-OH is 1. The van der Waals surface area contributed by atoms with Crippen LogP contribution in [-0.2, 0) is 38.1 Å². The average Bonchev–Trinajstić information content (AvgIpc) is 3.52. The van der Waals surface area contributed by atoms with Gasteiger partial charge in [-0.1, -0.05) is 46.8 Å². The second kappa shape index (κ2) is 19.5. The highest BCUT2D eigenvalue weighted by molar-refractivity contribution is 6.08. The predicted molar refractivity (Wildman–Crippen MR) is 239 cm³/mol. The molecule has 0 spiro atoms. The second-order valence-electron chi connectivity index (χ2n) is 20.0. The molecule has 0 bridgehead atoms. The van der Waals surface area contributed by atoms with E-state index in [-0.39, 0.29) is 37.2 Å². The number of rotatable bonds is 9. The predicted octanol–water partition coefficient (Wildman–Crippen LogP) is 7.21. The number of pyridine rings is 1. The standard InChI is InChI=1S/C48H69FN4O11/c1-14-36-48(11)39(52-44(59)64-48)28(4)37(54)27(3)24-46(9,60-19-15-16-30-22-31-23-32(17-18-33(31)50-25-30)51-43(58)63-45(6,7)8)41(29(5)40(56)47(10,49)42(57)62-36)61-35-21-26(2)20-34(38(35)55)53(12)13/h15-18,22-23,25-29,34-36,38-39,41,55H,14,19-21,24H2,1-13H3,(H,51,58)(H,52,59)/b16-15+/t26-,27-,28-,29+,34+,35-,36+,38-,39-,41-,46+,47?,48-/m1/s1. The molecule has 3 heterocycles. The Morgan fingerprint density at radius 3 is 2.39 bits per heavy atom. The monoisotopic (exact) mass is 896 g/mol. The van der Waals surface area contributed by atoms with Crippen LogP contribution in [0.25, 0.3) is 17.0 Å². The number of ketones is 2. The summed E-state index contributed by atoms with van der Waals surface area (Å²) in [4.78, 5) is 74.7. The van der Waals surface area contributed by atoms with E-state index in [2.05, 4.69) is 15.6 Å². The van der Waals surface area contributed by atoms with E-state index in [0.29, 0.717) is 29.6 Å². The highest BCUT2D eigenvalue weighted by atomic mass is 19.1. The van der Waals surface area contributed by atoms with Gasteiger partial charge in [0, 0.05) is 41.1 Å². The highest BCUT2D eigenvalue weighted by Gasteiger charge is 2.59. The van der Waals surface area contributed by atoms with Gasteiger partial charge in [-0.2, -0.15) is 0 Å². The zero-order valence-corrected chi connectivity index (χ0v) is 39.7. The van der Waals surface area contributed by atoms with E-state index >= 15 is 4.39 Å². The summed E-state index contributed by atoms with van der Waals surface area (Å²) in [7, 11) is 3.73. The number of anilines is 1. The quantitative estimate of drug-likeness (QED) is 0.130. The molecule has 64 heavy (non-hydrogen) atoms. The molecule has 1 unspecified atom stereocenters. The number of hydrogen-bond donors (Lipinski definition) is 3. The number of halogens is 1. The van der Waals surface area contributed by atoms with Crippen molar-refractivity contribution in [3.05, 3.63) is 42.1 Å². The molecule has 1 aromatic heterocycles. The number of nitrogens with zero attached hydrogens (tertiary/aromatic N) is 2. The number of Topliss-reactive ketones (excluding diaryl/α,β-unsaturated/α-hetero) is 2. The number of ether oxygens (including phenoxy) is 5. The van der Waals surface area contributed by atoms with E-state index in [1.165, 1.54) is 13.8 Å². The van der Waals surface area contributed by atoms with Crippen molar-refractivity contribution in [1.82, 2.24) is 15.2 Å². The van der Waals surface area contributed by atoms with Crippen LogP contribution in [0.2, 0.25) is 0 Å². The number of likely N-dealkylation sites (N-methyl/N-ethyl adjacent to an activating group) is 1. The van der Waals surface area contributed by atoms with Gasteiger partial charge >= 0.3 is 18.2 Å². The molecule has 16 heteroatoms. The van der Waals surface area contributed by atoms with Crippen LogP contribution in [0, 0.1) is 23.7 Å². The highest BCUT2D eigenvalue weighted by Crippen LogP contribution is 2.42. The number of esters is 1. The summed E-state index contributed by atoms with van der Waals surface area (Å²) in [5.41, 5.74) is -5.06. The third kappa shape index (κ3) is 11.1. The Hall–Kier alpha value is -4.51. The van der Waals surface area contributed by atoms with E-state index in [9.17, 15) is 29.1 Å². The summed E-state index contributed by atoms with van der Waals surface area (Å²) < 4.78 is 47.4. The van der Waals surface area contributed by atoms with Gasteiger partial charge in [0.05, 0.1) is 42.1 Å². The summed E-state index contributed by atoms with van der Waals surface area (Å²) in [5.74, 6) is -5.79. The largest absolute Gasteiger partial charge is 0.455 e. The fourth-order valence-electron chi connectivity index (χ4n) is 9.76. The van der Waals surface area contributed by atoms with E-state index in [1.807, 2.05) is 32.0 Å². The molecule has 2 amide bonds. The van der Waals surface area contributed by atoms with Crippen molar-refractivity contribution in [2.75, 3.05) is 26.0 Å². The van der Waals surface area contributed by atoms with Crippen LogP contribution in [0.5, 0.6) is 0 Å². The molecule has 1 aliphatic carbocycles. The van der Waals surface area contributed by atoms with Crippen LogP contribution in [0.3, 0.4) is 0 Å². The minimum Gasteiger partial charge on any atom is -0.455 e. The molecule has 1 aromatic carbocycles. The van der Waals surface area contributed by atoms with Gasteiger partial charge in [-0.15, -0.1) is 0 Å². The number of cyclic esters (lactones) is 1. The first-order chi connectivity index (χ1) is 29.7. The lowest BCUT2D eigenvalue weighted by Crippen LogP contribution is -2.61. The molecule has 3 aliphatic rings. The number of hydrogen-bond acceptors (Lipinski definition) is 13. The molecule has 2 saturated heterocycles. The number of fused-ring (bicyclic) bond motifs is 2. The van der Waals surface area contributed by atoms with Crippen molar-refractivity contribution in [2.45, 2.75) is 161 Å². The summed E-state index contributed by atoms with van der Waals surface area (Å²) in [6.07, 6.45) is 0.606. The summed E-state index contributed by atoms with van der Waals surface area (Å²) in [6, 6.07) is 5.90. The van der Waals surface area contributed by atoms with Crippen molar-refractivity contribution in [2.24, 2.45) is 23.7 Å². The number of aromatic nitrogens is 1. The van der Waals surface area contributed by atoms with Crippen molar-refractivity contribution in [3.8, 4) is 0 Å². The Kier molecular flexibility index (Phi) is 15.4. The smallest absolute Gasteiger partial charge is 0.412 e. The molecule has 354 valence electrons. The Labute approximate surface area is 376 Å². The first kappa shape index (κ1) is 50.5. The van der Waals surface area contributed by atoms with E-state index in [4.69, 9.17) is 23.7 Å². The van der Waals surface area contributed by atoms with Crippen molar-refractivity contribution < 1.29 is 57.2 Å². The third-order valence-corrected chi connectivity index (χ3v) is 13.1. The van der Waals surface area contributed by atoms with Gasteiger partial charge in [-0.05, 0) is 117 Å². The van der Waals surface area contributed by atoms with Gasteiger partial charge in [0.15, 0.2) is 11.4 Å². The first-order valence-corrected chi connectivity index (χ1v) is 22.4. The molecular weight excluding hydrogens is 828 g/mol. The number of aliphatic hydroxyl groups is 1. The molecule has 3 N–H and O–H groups in total. The number of alkyl carbamates (subject to hydrolysis) is 1. The molecule has 3 fully saturated rings. The summed E-state index contributed by atoms with van der Waals surface area (Å²) in [5, 5.41) is 18.0. The van der Waals surface area contributed by atoms with Crippen LogP contribution < -0.4 is 10.6 Å². The lowest BCUT2D eigenvalue weighted by molar-refractivity contribution is -0.212. The van der Waals surface area contributed by atoms with Crippen molar-refractivity contribution in [1.29, 1.82) is 0 Å². The Bertz CT molecular complexity index is 2090. The van der Waals surface area contributed by atoms with Crippen molar-refractivity contribution >= 4 is 52.4 Å². The SMILES string of the molecule is CC[C@@H]1OC(=O)C(C)(F)C(=O)[C@H](C)[C@@H](O[C@@H]2C[C@H](C)C[C@H](N(C)C)[C@H]2O)[C@@](C)(OC/C=C/c2cnc3ccc(NC(=O)OC(C)(C)C)cc3c2)C[C@@H](C)C(=O)[C@@H](C)[C@H]2NC(=O)O[C@]12C. The number of amides is 2. The van der Waals surface area contributed by atoms with Crippen LogP contribution in [0.1, 0.15) is 107 Å². The zero-order chi connectivity index (χ0) is 47.7. The maximum Gasteiger partial charge on any atom is 0.412 e. The van der Waals surface area contributed by atoms with Crippen LogP contribution >= 0.6 is 0 Å². The fourth-order valence-corrected chi connectivity index (χ4v) is 9.76. The number of carbonyl (C=O) groups excluding carboxylic acids is 5. The lowest BCUT2D eigenvalue weighted by atomic mass is 9.73. The minimum absolute atomic E-state index is 0.0321. The fraction of sp³-hybridized carbons (Fsp3) is 0.667. The molecule has 2 aromatic rings. The van der Waals surface area contributed by atoms with Crippen LogP contribution in [-0.4, -0.2) is 124 Å². The van der Waals surface area contributed by atoms with Crippen LogP contribution in [0.15, 0.2) is 36.5 Å². The van der Waals surface area contributed by atoms with Gasteiger partial charge in [-0.25, -0.2) is 18.8 Å². The molecule has 13 atom stereocenters. The topological polar surface area (TPSA) is 192 Å². The van der Waals surface area contributed by atoms with Gasteiger partial charge in [0.2, 0.25) is 0 Å². The Morgan fingerprint density at radius 1 is 1.06 bits per heavy atom. The first-order valence-electron chi connectivity index (χ1n) is 22.4. The van der Waals surface area contributed by atoms with Gasteiger partial charge < -0.3 is 39.0 Å². The number of benzene rings is 1. The van der Waals surface area contributed by atoms with Crippen LogP contribution in [0.4, 0.5) is 19.7 Å². The maximum absolute atomic E-state index is 17.0. The van der Waals surface area contributed by atoms with E-state index < -0.39 is 94.6 Å². The summed E-state index contributed by atoms with van der Waals surface area (Å²) in [6.45, 7) is 17.9. The molecule has 15 nitrogen and oxygen atoms in total. The Balaban J connectivity index is 1.54. The van der Waals surface area contributed by atoms with E-state index in [1.54, 1.807) is 85.0 Å². The minimum atomic E-state index is -3.19. The molecule has 5 rings (SSSR count). The lowest BCUT2D eigenvalue weighted by Gasteiger charge is -2.47. The normalized spacial score (nSPS) is 35.7. The third-order valence-electron chi connectivity index (χ3n) is 13.1. The van der Waals surface area contributed by atoms with Crippen molar-refractivity contribution in [3.63, 3.8) is 0 Å². The molecule has 1 saturated carbocycles. The number of nitrogens with one attached hydrogen (secondary N) is 2. The van der Waals surface area contributed by atoms with Gasteiger partial charge in [-0.3, -0.25) is 19.9 Å². The van der Waals surface area contributed by atoms with E-state index in [0.717, 1.165) is 12.3 Å². The van der Waals surface area contributed by atoms with Gasteiger partial charge in [0.1, 0.15) is 17.5 Å². The average molecular weight is 897 g/mol. The zero-order valence-electron chi connectivity index (χ0n) is 39.7. The number of carbonyl (C=O) groups is 5. The molecule has 0 radical (unpaired) electrons. The molecule has 2 aliphatic heterocycles.